The molecule has 2 aromatic carbocycles. The minimum atomic E-state index is -0.609. The normalized spacial score (nSPS) is 15.8. The Balaban J connectivity index is 1.41. The molecule has 0 bridgehead atoms. The maximum atomic E-state index is 13.1. The van der Waals surface area contributed by atoms with E-state index >= 15 is 0 Å². The van der Waals surface area contributed by atoms with Crippen LogP contribution in [-0.4, -0.2) is 39.6 Å². The molecule has 0 radical (unpaired) electrons. The molecule has 1 atom stereocenters. The second-order valence-corrected chi connectivity index (χ2v) is 8.11. The third-order valence-corrected chi connectivity index (χ3v) is 5.76. The van der Waals surface area contributed by atoms with Gasteiger partial charge in [-0.3, -0.25) is 10.1 Å². The van der Waals surface area contributed by atoms with E-state index in [1.807, 2.05) is 0 Å². The first-order chi connectivity index (χ1) is 14.5. The second-order valence-electron chi connectivity index (χ2n) is 6.70. The third-order valence-electron chi connectivity index (χ3n) is 4.64. The molecule has 7 nitrogen and oxygen atoms in total. The third kappa shape index (κ3) is 4.58. The molecule has 0 saturated carbocycles. The highest BCUT2D eigenvalue weighted by Crippen LogP contribution is 2.27. The van der Waals surface area contributed by atoms with Crippen LogP contribution in [0.25, 0.3) is 10.6 Å². The van der Waals surface area contributed by atoms with E-state index in [-0.39, 0.29) is 17.8 Å². The summed E-state index contributed by atoms with van der Waals surface area (Å²) in [6.45, 7) is 0.474. The summed E-state index contributed by atoms with van der Waals surface area (Å²) >= 11 is 7.13. The van der Waals surface area contributed by atoms with Gasteiger partial charge in [0.25, 0.3) is 0 Å². The molecule has 10 heteroatoms. The summed E-state index contributed by atoms with van der Waals surface area (Å²) in [4.78, 5) is 26.9. The Labute approximate surface area is 180 Å². The van der Waals surface area contributed by atoms with Crippen molar-refractivity contribution in [2.45, 2.75) is 18.9 Å². The van der Waals surface area contributed by atoms with Gasteiger partial charge in [0.2, 0.25) is 11.0 Å². The number of hydrogen-bond acceptors (Lipinski definition) is 5. The first-order valence-electron chi connectivity index (χ1n) is 9.23. The van der Waals surface area contributed by atoms with Crippen LogP contribution in [0.15, 0.2) is 48.5 Å². The summed E-state index contributed by atoms with van der Waals surface area (Å²) in [5.74, 6) is -0.662. The van der Waals surface area contributed by atoms with E-state index < -0.39 is 6.04 Å². The average Bonchev–Trinajstić information content (AvgIpc) is 3.38. The van der Waals surface area contributed by atoms with Gasteiger partial charge in [-0.15, -0.1) is 10.2 Å². The maximum Gasteiger partial charge on any atom is 0.322 e. The zero-order chi connectivity index (χ0) is 21.1. The van der Waals surface area contributed by atoms with Crippen LogP contribution in [-0.2, 0) is 4.79 Å². The molecule has 3 aromatic rings. The fraction of sp³-hybridized carbons (Fsp3) is 0.200. The molecule has 3 amide bonds. The number of benzene rings is 2. The number of amides is 3. The number of rotatable bonds is 4. The summed E-state index contributed by atoms with van der Waals surface area (Å²) in [7, 11) is 0. The van der Waals surface area contributed by atoms with Crippen molar-refractivity contribution in [1.82, 2.24) is 15.1 Å². The smallest absolute Gasteiger partial charge is 0.312 e. The topological polar surface area (TPSA) is 87.2 Å². The monoisotopic (exact) mass is 445 g/mol. The molecule has 154 valence electrons. The molecule has 1 aromatic heterocycles. The number of nitrogens with zero attached hydrogens (tertiary/aromatic N) is 3. The van der Waals surface area contributed by atoms with E-state index in [1.165, 1.54) is 28.4 Å². The predicted octanol–water partition coefficient (Wildman–Crippen LogP) is 4.63. The van der Waals surface area contributed by atoms with E-state index in [9.17, 15) is 14.0 Å². The summed E-state index contributed by atoms with van der Waals surface area (Å²) < 4.78 is 13.1. The summed E-state index contributed by atoms with van der Waals surface area (Å²) in [6, 6.07) is 11.7. The fourth-order valence-electron chi connectivity index (χ4n) is 3.22. The van der Waals surface area contributed by atoms with Gasteiger partial charge in [0.05, 0.1) is 0 Å². The minimum absolute atomic E-state index is 0.321. The number of likely N-dealkylation sites (tertiary alicyclic amines) is 1. The van der Waals surface area contributed by atoms with Gasteiger partial charge >= 0.3 is 6.03 Å². The molecule has 1 aliphatic rings. The largest absolute Gasteiger partial charge is 0.322 e. The van der Waals surface area contributed by atoms with Gasteiger partial charge in [-0.1, -0.05) is 29.0 Å². The molecule has 1 saturated heterocycles. The lowest BCUT2D eigenvalue weighted by atomic mass is 10.2. The SMILES string of the molecule is O=C(Nc1nnc(-c2ccc(F)cc2)s1)C1CCCN1C(=O)Nc1cccc(Cl)c1. The van der Waals surface area contributed by atoms with Crippen molar-refractivity contribution in [3.8, 4) is 10.6 Å². The number of nitrogens with one attached hydrogen (secondary N) is 2. The van der Waals surface area contributed by atoms with Gasteiger partial charge in [0, 0.05) is 22.8 Å². The van der Waals surface area contributed by atoms with Crippen molar-refractivity contribution >= 4 is 45.7 Å². The van der Waals surface area contributed by atoms with Crippen LogP contribution < -0.4 is 10.6 Å². The molecule has 1 fully saturated rings. The zero-order valence-electron chi connectivity index (χ0n) is 15.6. The quantitative estimate of drug-likeness (QED) is 0.612. The lowest BCUT2D eigenvalue weighted by molar-refractivity contribution is -0.119. The molecule has 2 N–H and O–H groups in total. The van der Waals surface area contributed by atoms with E-state index in [4.69, 9.17) is 11.6 Å². The number of hydrogen-bond donors (Lipinski definition) is 2. The average molecular weight is 446 g/mol. The predicted molar refractivity (Wildman–Crippen MR) is 114 cm³/mol. The number of anilines is 2. The molecule has 4 rings (SSSR count). The first kappa shape index (κ1) is 20.2. The highest BCUT2D eigenvalue weighted by atomic mass is 35.5. The Bertz CT molecular complexity index is 1080. The van der Waals surface area contributed by atoms with Crippen LogP contribution in [0.3, 0.4) is 0 Å². The number of urea groups is 1. The van der Waals surface area contributed by atoms with Crippen LogP contribution >= 0.6 is 22.9 Å². The Hall–Kier alpha value is -3.04. The van der Waals surface area contributed by atoms with E-state index in [0.717, 1.165) is 6.42 Å². The van der Waals surface area contributed by atoms with Crippen molar-refractivity contribution in [1.29, 1.82) is 0 Å². The lowest BCUT2D eigenvalue weighted by Crippen LogP contribution is -2.45. The molecule has 1 aliphatic heterocycles. The van der Waals surface area contributed by atoms with Crippen LogP contribution in [0.2, 0.25) is 5.02 Å². The van der Waals surface area contributed by atoms with Gasteiger partial charge in [-0.05, 0) is 55.3 Å². The minimum Gasteiger partial charge on any atom is -0.312 e. The van der Waals surface area contributed by atoms with Crippen molar-refractivity contribution in [2.24, 2.45) is 0 Å². The Morgan fingerprint density at radius 1 is 1.13 bits per heavy atom. The Morgan fingerprint density at radius 2 is 1.93 bits per heavy atom. The van der Waals surface area contributed by atoms with Gasteiger partial charge in [-0.25, -0.2) is 9.18 Å². The van der Waals surface area contributed by atoms with Crippen molar-refractivity contribution < 1.29 is 14.0 Å². The molecule has 30 heavy (non-hydrogen) atoms. The summed E-state index contributed by atoms with van der Waals surface area (Å²) in [6.07, 6.45) is 1.27. The van der Waals surface area contributed by atoms with Crippen molar-refractivity contribution in [2.75, 3.05) is 17.2 Å². The highest BCUT2D eigenvalue weighted by Gasteiger charge is 2.34. The highest BCUT2D eigenvalue weighted by molar-refractivity contribution is 7.18. The van der Waals surface area contributed by atoms with Crippen LogP contribution in [0, 0.1) is 5.82 Å². The maximum absolute atomic E-state index is 13.1. The zero-order valence-corrected chi connectivity index (χ0v) is 17.2. The van der Waals surface area contributed by atoms with Gasteiger partial charge in [0.1, 0.15) is 16.9 Å². The molecule has 0 spiro atoms. The number of halogens is 2. The Kier molecular flexibility index (Phi) is 5.91. The molecular weight excluding hydrogens is 429 g/mol. The second kappa shape index (κ2) is 8.76. The van der Waals surface area contributed by atoms with E-state index in [0.29, 0.717) is 39.4 Å². The van der Waals surface area contributed by atoms with Gasteiger partial charge < -0.3 is 10.2 Å². The van der Waals surface area contributed by atoms with Gasteiger partial charge in [-0.2, -0.15) is 0 Å². The fourth-order valence-corrected chi connectivity index (χ4v) is 4.16. The van der Waals surface area contributed by atoms with E-state index in [2.05, 4.69) is 20.8 Å². The van der Waals surface area contributed by atoms with Crippen molar-refractivity contribution in [3.63, 3.8) is 0 Å². The number of carbonyl (C=O) groups is 2. The first-order valence-corrected chi connectivity index (χ1v) is 10.4. The van der Waals surface area contributed by atoms with E-state index in [1.54, 1.807) is 36.4 Å². The van der Waals surface area contributed by atoms with Crippen LogP contribution in [0.5, 0.6) is 0 Å². The summed E-state index contributed by atoms with van der Waals surface area (Å²) in [5.41, 5.74) is 1.27. The van der Waals surface area contributed by atoms with Crippen LogP contribution in [0.1, 0.15) is 12.8 Å². The standard InChI is InChI=1S/C20H17ClFN5O2S/c21-13-3-1-4-15(11-13)23-20(29)27-10-2-5-16(27)17(28)24-19-26-25-18(30-19)12-6-8-14(22)9-7-12/h1,3-4,6-9,11,16H,2,5,10H2,(H,23,29)(H,24,26,28). The van der Waals surface area contributed by atoms with Gasteiger partial charge in [0.15, 0.2) is 0 Å². The molecule has 0 aliphatic carbocycles. The van der Waals surface area contributed by atoms with Crippen LogP contribution in [0.4, 0.5) is 20.0 Å². The molecule has 2 heterocycles. The molecule has 1 unspecified atom stereocenters. The number of carbonyl (C=O) groups excluding carboxylic acids is 2. The molecular formula is C20H17ClFN5O2S. The number of aromatic nitrogens is 2. The Morgan fingerprint density at radius 3 is 2.70 bits per heavy atom. The van der Waals surface area contributed by atoms with Crippen molar-refractivity contribution in [3.05, 3.63) is 59.4 Å². The lowest BCUT2D eigenvalue weighted by Gasteiger charge is -2.23. The summed E-state index contributed by atoms with van der Waals surface area (Å²) in [5, 5.41) is 14.9.